The molecule has 1 aliphatic rings. The Hall–Kier alpha value is -1.70. The van der Waals surface area contributed by atoms with Gasteiger partial charge in [-0.25, -0.2) is 0 Å². The van der Waals surface area contributed by atoms with Crippen molar-refractivity contribution in [3.05, 3.63) is 27.9 Å². The molecule has 2 heterocycles. The maximum absolute atomic E-state index is 12.5. The summed E-state index contributed by atoms with van der Waals surface area (Å²) >= 11 is 1.42. The van der Waals surface area contributed by atoms with Gasteiger partial charge in [-0.2, -0.15) is 0 Å². The van der Waals surface area contributed by atoms with E-state index >= 15 is 0 Å². The molecule has 0 saturated carbocycles. The number of ether oxygens (including phenoxy) is 1. The number of nitrogens with zero attached hydrogens (tertiary/aromatic N) is 1. The molecule has 1 aromatic carbocycles. The largest absolute Gasteiger partial charge is 0.507 e. The SMILES string of the molecule is CCSc1cc(=O)c2c(O)cc(OC)c([C@@H]3CCN(C)C[C@@H]3O)c2o1. The second-order valence-corrected chi connectivity index (χ2v) is 7.57. The normalized spacial score (nSPS) is 21.6. The summed E-state index contributed by atoms with van der Waals surface area (Å²) in [6.07, 6.45) is 0.108. The van der Waals surface area contributed by atoms with Crippen LogP contribution in [0.15, 0.2) is 26.4 Å². The van der Waals surface area contributed by atoms with Crippen molar-refractivity contribution in [1.29, 1.82) is 0 Å². The Labute approximate surface area is 150 Å². The summed E-state index contributed by atoms with van der Waals surface area (Å²) < 4.78 is 11.4. The molecule has 2 N–H and O–H groups in total. The van der Waals surface area contributed by atoms with Gasteiger partial charge in [0.2, 0.25) is 0 Å². The maximum Gasteiger partial charge on any atom is 0.197 e. The van der Waals surface area contributed by atoms with Gasteiger partial charge < -0.3 is 24.3 Å². The number of thioether (sulfide) groups is 1. The van der Waals surface area contributed by atoms with Crippen molar-refractivity contribution in [3.8, 4) is 11.5 Å². The standard InChI is InChI=1S/C18H23NO5S/c1-4-25-15-8-12(21)17-11(20)7-14(23-3)16(18(17)24-15)10-5-6-19(2)9-13(10)22/h7-8,10,13,20,22H,4-6,9H2,1-3H3/t10-,13+/m1/s1. The van der Waals surface area contributed by atoms with E-state index in [0.29, 0.717) is 35.0 Å². The van der Waals surface area contributed by atoms with Gasteiger partial charge in [0.15, 0.2) is 10.5 Å². The van der Waals surface area contributed by atoms with E-state index < -0.39 is 6.10 Å². The smallest absolute Gasteiger partial charge is 0.197 e. The third-order valence-electron chi connectivity index (χ3n) is 4.62. The van der Waals surface area contributed by atoms with Crippen LogP contribution in [0.4, 0.5) is 0 Å². The van der Waals surface area contributed by atoms with Gasteiger partial charge in [-0.1, -0.05) is 18.7 Å². The number of aliphatic hydroxyl groups is 1. The monoisotopic (exact) mass is 365 g/mol. The van der Waals surface area contributed by atoms with Crippen molar-refractivity contribution >= 4 is 22.7 Å². The molecular formula is C18H23NO5S. The predicted molar refractivity (Wildman–Crippen MR) is 98.0 cm³/mol. The minimum Gasteiger partial charge on any atom is -0.507 e. The first-order valence-corrected chi connectivity index (χ1v) is 9.31. The van der Waals surface area contributed by atoms with E-state index in [1.165, 1.54) is 31.0 Å². The van der Waals surface area contributed by atoms with E-state index in [2.05, 4.69) is 4.90 Å². The van der Waals surface area contributed by atoms with E-state index in [1.807, 2.05) is 14.0 Å². The van der Waals surface area contributed by atoms with Gasteiger partial charge in [0, 0.05) is 30.2 Å². The summed E-state index contributed by atoms with van der Waals surface area (Å²) in [5.74, 6) is 0.802. The van der Waals surface area contributed by atoms with Crippen LogP contribution in [0.3, 0.4) is 0 Å². The Kier molecular flexibility index (Phi) is 5.27. The van der Waals surface area contributed by atoms with Gasteiger partial charge >= 0.3 is 0 Å². The number of likely N-dealkylation sites (tertiary alicyclic amines) is 1. The fraction of sp³-hybridized carbons (Fsp3) is 0.500. The lowest BCUT2D eigenvalue weighted by Crippen LogP contribution is -2.40. The van der Waals surface area contributed by atoms with Crippen molar-refractivity contribution in [2.45, 2.75) is 30.5 Å². The molecule has 2 atom stereocenters. The zero-order chi connectivity index (χ0) is 18.1. The molecule has 0 unspecified atom stereocenters. The number of hydrogen-bond donors (Lipinski definition) is 2. The molecule has 0 spiro atoms. The first kappa shape index (κ1) is 18.1. The Balaban J connectivity index is 2.27. The van der Waals surface area contributed by atoms with Crippen LogP contribution in [0.1, 0.15) is 24.8 Å². The number of hydrogen-bond acceptors (Lipinski definition) is 7. The molecule has 6 nitrogen and oxygen atoms in total. The summed E-state index contributed by atoms with van der Waals surface area (Å²) in [4.78, 5) is 14.6. The van der Waals surface area contributed by atoms with Crippen LogP contribution < -0.4 is 10.2 Å². The third-order valence-corrected chi connectivity index (χ3v) is 5.40. The average molecular weight is 365 g/mol. The summed E-state index contributed by atoms with van der Waals surface area (Å²) in [5.41, 5.74) is 0.682. The number of aromatic hydroxyl groups is 1. The van der Waals surface area contributed by atoms with Gasteiger partial charge in [0.1, 0.15) is 22.5 Å². The summed E-state index contributed by atoms with van der Waals surface area (Å²) in [5, 5.41) is 21.5. The number of likely N-dealkylation sites (N-methyl/N-ethyl adjacent to an activating group) is 1. The van der Waals surface area contributed by atoms with Crippen LogP contribution in [0, 0.1) is 0 Å². The molecule has 2 aromatic rings. The molecule has 1 saturated heterocycles. The number of phenols is 1. The summed E-state index contributed by atoms with van der Waals surface area (Å²) in [7, 11) is 3.47. The van der Waals surface area contributed by atoms with Crippen molar-refractivity contribution in [1.82, 2.24) is 4.90 Å². The Morgan fingerprint density at radius 2 is 2.20 bits per heavy atom. The van der Waals surface area contributed by atoms with Gasteiger partial charge in [-0.3, -0.25) is 4.79 Å². The van der Waals surface area contributed by atoms with Gasteiger partial charge in [0.25, 0.3) is 0 Å². The van der Waals surface area contributed by atoms with Crippen LogP contribution >= 0.6 is 11.8 Å². The molecule has 7 heteroatoms. The van der Waals surface area contributed by atoms with Crippen molar-refractivity contribution in [3.63, 3.8) is 0 Å². The molecule has 0 radical (unpaired) electrons. The second-order valence-electron chi connectivity index (χ2n) is 6.30. The molecule has 1 fully saturated rings. The highest BCUT2D eigenvalue weighted by molar-refractivity contribution is 7.99. The summed E-state index contributed by atoms with van der Waals surface area (Å²) in [6.45, 7) is 3.32. The van der Waals surface area contributed by atoms with E-state index in [1.54, 1.807) is 0 Å². The van der Waals surface area contributed by atoms with Gasteiger partial charge in [0.05, 0.1) is 13.2 Å². The van der Waals surface area contributed by atoms with E-state index in [0.717, 1.165) is 12.3 Å². The molecule has 0 bridgehead atoms. The predicted octanol–water partition coefficient (Wildman–Crippen LogP) is 2.40. The minimum absolute atomic E-state index is 0.141. The highest BCUT2D eigenvalue weighted by Crippen LogP contribution is 2.42. The molecule has 136 valence electrons. The lowest BCUT2D eigenvalue weighted by atomic mass is 9.85. The third kappa shape index (κ3) is 3.36. The van der Waals surface area contributed by atoms with Crippen LogP contribution in [0.2, 0.25) is 0 Å². The van der Waals surface area contributed by atoms with Crippen molar-refractivity contribution < 1.29 is 19.4 Å². The number of aliphatic hydroxyl groups excluding tert-OH is 1. The van der Waals surface area contributed by atoms with E-state index in [4.69, 9.17) is 9.15 Å². The number of β-amino-alcohol motifs (C(OH)–C–C–N with tert-alkyl or cyclic N) is 1. The summed E-state index contributed by atoms with van der Waals surface area (Å²) in [6, 6.07) is 2.84. The van der Waals surface area contributed by atoms with Crippen molar-refractivity contribution in [2.75, 3.05) is 33.0 Å². The lowest BCUT2D eigenvalue weighted by Gasteiger charge is -2.34. The Bertz CT molecular complexity index is 834. The Morgan fingerprint density at radius 3 is 2.84 bits per heavy atom. The number of piperidine rings is 1. The first-order valence-electron chi connectivity index (χ1n) is 8.33. The van der Waals surface area contributed by atoms with Crippen molar-refractivity contribution in [2.24, 2.45) is 0 Å². The second kappa shape index (κ2) is 7.27. The zero-order valence-electron chi connectivity index (χ0n) is 14.6. The maximum atomic E-state index is 12.5. The topological polar surface area (TPSA) is 83.1 Å². The van der Waals surface area contributed by atoms with E-state index in [-0.39, 0.29) is 22.5 Å². The number of rotatable bonds is 4. The van der Waals surface area contributed by atoms with Crippen LogP contribution in [-0.2, 0) is 0 Å². The number of methoxy groups -OCH3 is 1. The Morgan fingerprint density at radius 1 is 1.44 bits per heavy atom. The molecule has 1 aliphatic heterocycles. The van der Waals surface area contributed by atoms with Gasteiger partial charge in [-0.15, -0.1) is 0 Å². The quantitative estimate of drug-likeness (QED) is 0.805. The van der Waals surface area contributed by atoms with Crippen LogP contribution in [0.25, 0.3) is 11.0 Å². The molecule has 25 heavy (non-hydrogen) atoms. The van der Waals surface area contributed by atoms with Crippen LogP contribution in [-0.4, -0.2) is 54.2 Å². The zero-order valence-corrected chi connectivity index (χ0v) is 15.4. The highest BCUT2D eigenvalue weighted by atomic mass is 32.2. The highest BCUT2D eigenvalue weighted by Gasteiger charge is 2.33. The van der Waals surface area contributed by atoms with Gasteiger partial charge in [-0.05, 0) is 25.8 Å². The molecule has 0 amide bonds. The fourth-order valence-electron chi connectivity index (χ4n) is 3.45. The van der Waals surface area contributed by atoms with Crippen LogP contribution in [0.5, 0.6) is 11.5 Å². The molecular weight excluding hydrogens is 342 g/mol. The molecule has 0 aliphatic carbocycles. The minimum atomic E-state index is -0.604. The number of benzene rings is 1. The number of fused-ring (bicyclic) bond motifs is 1. The average Bonchev–Trinajstić information content (AvgIpc) is 2.55. The lowest BCUT2D eigenvalue weighted by molar-refractivity contribution is 0.0630. The fourth-order valence-corrected chi connectivity index (χ4v) is 4.07. The molecule has 1 aromatic heterocycles. The number of phenolic OH excluding ortho intramolecular Hbond substituents is 1. The first-order chi connectivity index (χ1) is 12.0. The molecule has 3 rings (SSSR count). The van der Waals surface area contributed by atoms with E-state index in [9.17, 15) is 15.0 Å².